The van der Waals surface area contributed by atoms with Crippen LogP contribution in [0.25, 0.3) is 0 Å². The van der Waals surface area contributed by atoms with E-state index in [0.717, 1.165) is 9.94 Å². The fraction of sp³-hybridized carbons (Fsp3) is 0.500. The van der Waals surface area contributed by atoms with Gasteiger partial charge in [0, 0.05) is 30.3 Å². The van der Waals surface area contributed by atoms with E-state index >= 15 is 0 Å². The summed E-state index contributed by atoms with van der Waals surface area (Å²) in [6.07, 6.45) is 6.58. The molecule has 8 nitrogen and oxygen atoms in total. The molecule has 26 heavy (non-hydrogen) atoms. The monoisotopic (exact) mass is 424 g/mol. The summed E-state index contributed by atoms with van der Waals surface area (Å²) in [5.41, 5.74) is 0.0966. The minimum atomic E-state index is -0.425. The predicted molar refractivity (Wildman–Crippen MR) is 101 cm³/mol. The number of nitrogens with zero attached hydrogens (tertiary/aromatic N) is 4. The molecule has 0 spiro atoms. The third-order valence-electron chi connectivity index (χ3n) is 4.14. The summed E-state index contributed by atoms with van der Waals surface area (Å²) in [5, 5.41) is 0. The Hall–Kier alpha value is -1.78. The van der Waals surface area contributed by atoms with E-state index < -0.39 is 7.12 Å². The molecule has 0 unspecified atom stereocenters. The zero-order valence-corrected chi connectivity index (χ0v) is 17.3. The maximum absolute atomic E-state index is 5.88. The number of methoxy groups -OCH3 is 2. The van der Waals surface area contributed by atoms with Crippen LogP contribution in [0.15, 0.2) is 29.3 Å². The van der Waals surface area contributed by atoms with Crippen LogP contribution in [0.5, 0.6) is 12.0 Å². The Morgan fingerprint density at radius 1 is 0.808 bits per heavy atom. The van der Waals surface area contributed by atoms with Gasteiger partial charge in [0.25, 0.3) is 0 Å². The minimum Gasteiger partial charge on any atom is -0.467 e. The van der Waals surface area contributed by atoms with E-state index in [-0.39, 0.29) is 11.2 Å². The highest BCUT2D eigenvalue weighted by Gasteiger charge is 2.51. The van der Waals surface area contributed by atoms with Gasteiger partial charge in [0.1, 0.15) is 0 Å². The standard InChI is InChI=1S/C11H17BN2O3.C5H5BrN2O/c1-10(2)11(3,4)17-12(16-10)8-6-13-9(15-5)14-7-8;1-9-5-7-2-4(6)3-8-5/h6-7H,1-5H3;2-3H,1H3. The van der Waals surface area contributed by atoms with Crippen molar-refractivity contribution in [3.8, 4) is 12.0 Å². The van der Waals surface area contributed by atoms with Crippen molar-refractivity contribution in [3.05, 3.63) is 29.3 Å². The number of aromatic nitrogens is 4. The molecule has 0 atom stereocenters. The highest BCUT2D eigenvalue weighted by atomic mass is 79.9. The molecule has 0 amide bonds. The first-order valence-electron chi connectivity index (χ1n) is 7.91. The van der Waals surface area contributed by atoms with E-state index in [2.05, 4.69) is 35.9 Å². The molecular weight excluding hydrogens is 403 g/mol. The average molecular weight is 425 g/mol. The molecule has 3 rings (SSSR count). The van der Waals surface area contributed by atoms with E-state index in [1.807, 2.05) is 27.7 Å². The van der Waals surface area contributed by atoms with Gasteiger partial charge < -0.3 is 18.8 Å². The lowest BCUT2D eigenvalue weighted by molar-refractivity contribution is 0.00578. The van der Waals surface area contributed by atoms with Crippen molar-refractivity contribution in [1.29, 1.82) is 0 Å². The third kappa shape index (κ3) is 4.90. The van der Waals surface area contributed by atoms with Crippen LogP contribution < -0.4 is 14.9 Å². The molecular formula is C16H22BBrN4O4. The van der Waals surface area contributed by atoms with E-state index in [1.165, 1.54) is 14.2 Å². The summed E-state index contributed by atoms with van der Waals surface area (Å²) in [5.74, 6) is 0. The Morgan fingerprint density at radius 3 is 1.58 bits per heavy atom. The van der Waals surface area contributed by atoms with E-state index in [4.69, 9.17) is 18.8 Å². The lowest BCUT2D eigenvalue weighted by Gasteiger charge is -2.32. The number of rotatable bonds is 3. The van der Waals surface area contributed by atoms with Crippen LogP contribution in [0, 0.1) is 0 Å². The number of hydrogen-bond donors (Lipinski definition) is 0. The zero-order chi connectivity index (χ0) is 19.4. The molecule has 1 fully saturated rings. The van der Waals surface area contributed by atoms with E-state index in [0.29, 0.717) is 12.0 Å². The minimum absolute atomic E-state index is 0.338. The van der Waals surface area contributed by atoms with Gasteiger partial charge >= 0.3 is 19.1 Å². The molecule has 10 heteroatoms. The second-order valence-corrected chi connectivity index (χ2v) is 7.40. The van der Waals surface area contributed by atoms with Crippen LogP contribution in [0.3, 0.4) is 0 Å². The zero-order valence-electron chi connectivity index (χ0n) is 15.7. The van der Waals surface area contributed by atoms with Gasteiger partial charge in [-0.2, -0.15) is 0 Å². The van der Waals surface area contributed by atoms with Crippen LogP contribution in [-0.2, 0) is 9.31 Å². The third-order valence-corrected chi connectivity index (χ3v) is 4.54. The molecule has 0 aliphatic carbocycles. The SMILES string of the molecule is COc1ncc(B2OC(C)(C)C(C)(C)O2)cn1.COc1ncc(Br)cn1. The summed E-state index contributed by atoms with van der Waals surface area (Å²) in [6, 6.07) is 0.725. The molecule has 2 aromatic heterocycles. The number of halogens is 1. The molecule has 1 aliphatic rings. The second kappa shape index (κ2) is 8.28. The maximum Gasteiger partial charge on any atom is 0.498 e. The predicted octanol–water partition coefficient (Wildman–Crippen LogP) is 2.03. The first-order valence-corrected chi connectivity index (χ1v) is 8.71. The van der Waals surface area contributed by atoms with Gasteiger partial charge in [0.05, 0.1) is 29.9 Å². The topological polar surface area (TPSA) is 88.5 Å². The largest absolute Gasteiger partial charge is 0.498 e. The van der Waals surface area contributed by atoms with Crippen LogP contribution >= 0.6 is 15.9 Å². The Morgan fingerprint density at radius 2 is 1.19 bits per heavy atom. The average Bonchev–Trinajstić information content (AvgIpc) is 2.84. The van der Waals surface area contributed by atoms with Gasteiger partial charge in [-0.25, -0.2) is 19.9 Å². The van der Waals surface area contributed by atoms with Gasteiger partial charge in [-0.05, 0) is 43.6 Å². The van der Waals surface area contributed by atoms with Gasteiger partial charge in [-0.15, -0.1) is 0 Å². The van der Waals surface area contributed by atoms with Gasteiger partial charge in [0.15, 0.2) is 0 Å². The fourth-order valence-corrected chi connectivity index (χ4v) is 2.14. The molecule has 2 aromatic rings. The van der Waals surface area contributed by atoms with Gasteiger partial charge in [0.2, 0.25) is 0 Å². The summed E-state index contributed by atoms with van der Waals surface area (Å²) >= 11 is 3.19. The quantitative estimate of drug-likeness (QED) is 0.691. The molecule has 3 heterocycles. The maximum atomic E-state index is 5.88. The summed E-state index contributed by atoms with van der Waals surface area (Å²) in [4.78, 5) is 15.7. The van der Waals surface area contributed by atoms with Gasteiger partial charge in [-0.1, -0.05) is 0 Å². The van der Waals surface area contributed by atoms with Crippen LogP contribution in [0.4, 0.5) is 0 Å². The smallest absolute Gasteiger partial charge is 0.467 e. The number of ether oxygens (including phenoxy) is 2. The molecule has 0 bridgehead atoms. The van der Waals surface area contributed by atoms with Crippen molar-refractivity contribution >= 4 is 28.5 Å². The van der Waals surface area contributed by atoms with Crippen LogP contribution in [-0.4, -0.2) is 52.5 Å². The molecule has 1 saturated heterocycles. The molecule has 1 aliphatic heterocycles. The van der Waals surface area contributed by atoms with Crippen molar-refractivity contribution in [2.24, 2.45) is 0 Å². The first kappa shape index (κ1) is 20.5. The Balaban J connectivity index is 0.000000228. The van der Waals surface area contributed by atoms with E-state index in [1.54, 1.807) is 24.8 Å². The Bertz CT molecular complexity index is 697. The highest BCUT2D eigenvalue weighted by Crippen LogP contribution is 2.36. The fourth-order valence-electron chi connectivity index (χ4n) is 1.94. The molecule has 0 aromatic carbocycles. The Kier molecular flexibility index (Phi) is 6.54. The molecule has 140 valence electrons. The van der Waals surface area contributed by atoms with Crippen molar-refractivity contribution in [1.82, 2.24) is 19.9 Å². The van der Waals surface area contributed by atoms with Gasteiger partial charge in [-0.3, -0.25) is 0 Å². The second-order valence-electron chi connectivity index (χ2n) is 6.48. The highest BCUT2D eigenvalue weighted by molar-refractivity contribution is 9.10. The normalized spacial score (nSPS) is 17.3. The first-order chi connectivity index (χ1) is 12.2. The van der Waals surface area contributed by atoms with Crippen molar-refractivity contribution in [2.45, 2.75) is 38.9 Å². The van der Waals surface area contributed by atoms with Crippen molar-refractivity contribution in [3.63, 3.8) is 0 Å². The molecule has 0 saturated carbocycles. The van der Waals surface area contributed by atoms with Crippen molar-refractivity contribution in [2.75, 3.05) is 14.2 Å². The van der Waals surface area contributed by atoms with Crippen molar-refractivity contribution < 1.29 is 18.8 Å². The lowest BCUT2D eigenvalue weighted by Crippen LogP contribution is -2.41. The molecule has 0 N–H and O–H groups in total. The van der Waals surface area contributed by atoms with Crippen LogP contribution in [0.2, 0.25) is 0 Å². The lowest BCUT2D eigenvalue weighted by atomic mass is 9.81. The Labute approximate surface area is 162 Å². The van der Waals surface area contributed by atoms with E-state index in [9.17, 15) is 0 Å². The summed E-state index contributed by atoms with van der Waals surface area (Å²) < 4.78 is 22.2. The summed E-state index contributed by atoms with van der Waals surface area (Å²) in [7, 11) is 2.64. The molecule has 0 radical (unpaired) electrons. The van der Waals surface area contributed by atoms with Crippen LogP contribution in [0.1, 0.15) is 27.7 Å². The summed E-state index contributed by atoms with van der Waals surface area (Å²) in [6.45, 7) is 8.05. The number of hydrogen-bond acceptors (Lipinski definition) is 8.